The first kappa shape index (κ1) is 17.2. The molecule has 1 aromatic carbocycles. The van der Waals surface area contributed by atoms with Crippen molar-refractivity contribution < 1.29 is 4.79 Å². The molecule has 130 valence electrons. The van der Waals surface area contributed by atoms with Crippen LogP contribution in [-0.4, -0.2) is 37.9 Å². The van der Waals surface area contributed by atoms with E-state index in [9.17, 15) is 9.59 Å². The number of hydrogen-bond donors (Lipinski definition) is 3. The number of H-pyrrole nitrogens is 2. The summed E-state index contributed by atoms with van der Waals surface area (Å²) < 4.78 is 0. The van der Waals surface area contributed by atoms with Gasteiger partial charge in [-0.05, 0) is 37.5 Å². The minimum absolute atomic E-state index is 0.00383. The van der Waals surface area contributed by atoms with Crippen LogP contribution in [0.25, 0.3) is 11.0 Å². The molecule has 2 heterocycles. The highest BCUT2D eigenvalue weighted by Gasteiger charge is 2.20. The topological polar surface area (TPSA) is 104 Å². The number of thioether (sulfide) groups is 1. The van der Waals surface area contributed by atoms with Crippen molar-refractivity contribution in [1.29, 1.82) is 0 Å². The van der Waals surface area contributed by atoms with Crippen LogP contribution in [-0.2, 0) is 0 Å². The maximum Gasteiger partial charge on any atom is 0.263 e. The fourth-order valence-corrected chi connectivity index (χ4v) is 3.00. The number of aromatic nitrogens is 4. The van der Waals surface area contributed by atoms with E-state index < -0.39 is 11.5 Å². The van der Waals surface area contributed by atoms with Crippen LogP contribution in [0.3, 0.4) is 0 Å². The SMILES string of the molecule is CSCC[C@H](NC(=O)c1cnc(C)[nH]c1=O)c1nc2ccccc2[nH]1. The molecule has 0 saturated heterocycles. The number of carbonyl (C=O) groups is 1. The third kappa shape index (κ3) is 3.90. The van der Waals surface area contributed by atoms with Crippen LogP contribution in [0.2, 0.25) is 0 Å². The standard InChI is InChI=1S/C17H19N5O2S/c1-10-18-9-11(16(23)19-10)17(24)22-14(7-8-25-2)15-20-12-5-3-4-6-13(12)21-15/h3-6,9,14H,7-8H2,1-2H3,(H,20,21)(H,22,24)(H,18,19,23)/t14-/m0/s1. The highest BCUT2D eigenvalue weighted by Crippen LogP contribution is 2.20. The van der Waals surface area contributed by atoms with E-state index in [4.69, 9.17) is 0 Å². The molecule has 0 fully saturated rings. The number of amides is 1. The van der Waals surface area contributed by atoms with E-state index in [0.717, 1.165) is 16.8 Å². The summed E-state index contributed by atoms with van der Waals surface area (Å²) >= 11 is 1.69. The molecule has 3 N–H and O–H groups in total. The van der Waals surface area contributed by atoms with Crippen LogP contribution in [0, 0.1) is 6.92 Å². The Morgan fingerprint density at radius 3 is 2.84 bits per heavy atom. The molecule has 1 atom stereocenters. The van der Waals surface area contributed by atoms with Crippen LogP contribution in [0.4, 0.5) is 0 Å². The van der Waals surface area contributed by atoms with Crippen molar-refractivity contribution in [2.45, 2.75) is 19.4 Å². The molecule has 1 amide bonds. The largest absolute Gasteiger partial charge is 0.342 e. The number of para-hydroxylation sites is 2. The summed E-state index contributed by atoms with van der Waals surface area (Å²) in [7, 11) is 0. The number of aryl methyl sites for hydroxylation is 1. The molecule has 0 saturated carbocycles. The number of imidazole rings is 1. The van der Waals surface area contributed by atoms with Crippen molar-refractivity contribution in [1.82, 2.24) is 25.3 Å². The number of rotatable bonds is 6. The van der Waals surface area contributed by atoms with Crippen LogP contribution in [0.15, 0.2) is 35.3 Å². The summed E-state index contributed by atoms with van der Waals surface area (Å²) in [5.74, 6) is 1.54. The first-order valence-electron chi connectivity index (χ1n) is 7.89. The highest BCUT2D eigenvalue weighted by molar-refractivity contribution is 7.98. The second-order valence-corrected chi connectivity index (χ2v) is 6.64. The summed E-state index contributed by atoms with van der Waals surface area (Å²) in [6.07, 6.45) is 4.00. The summed E-state index contributed by atoms with van der Waals surface area (Å²) in [6.45, 7) is 1.67. The van der Waals surface area contributed by atoms with E-state index in [0.29, 0.717) is 18.1 Å². The van der Waals surface area contributed by atoms with Gasteiger partial charge >= 0.3 is 0 Å². The lowest BCUT2D eigenvalue weighted by atomic mass is 10.2. The quantitative estimate of drug-likeness (QED) is 0.627. The highest BCUT2D eigenvalue weighted by atomic mass is 32.2. The van der Waals surface area contributed by atoms with Crippen molar-refractivity contribution in [2.75, 3.05) is 12.0 Å². The van der Waals surface area contributed by atoms with Gasteiger partial charge in [0.15, 0.2) is 0 Å². The fourth-order valence-electron chi connectivity index (χ4n) is 2.53. The molecule has 0 aliphatic rings. The van der Waals surface area contributed by atoms with Gasteiger partial charge in [0, 0.05) is 6.20 Å². The molecule has 25 heavy (non-hydrogen) atoms. The minimum Gasteiger partial charge on any atom is -0.342 e. The summed E-state index contributed by atoms with van der Waals surface area (Å²) in [4.78, 5) is 38.8. The molecule has 0 aliphatic carbocycles. The Morgan fingerprint density at radius 1 is 1.32 bits per heavy atom. The Morgan fingerprint density at radius 2 is 2.12 bits per heavy atom. The first-order chi connectivity index (χ1) is 12.1. The van der Waals surface area contributed by atoms with Gasteiger partial charge < -0.3 is 15.3 Å². The van der Waals surface area contributed by atoms with Gasteiger partial charge in [-0.3, -0.25) is 9.59 Å². The van der Waals surface area contributed by atoms with Gasteiger partial charge in [0.05, 0.1) is 17.1 Å². The van der Waals surface area contributed by atoms with Crippen molar-refractivity contribution in [2.24, 2.45) is 0 Å². The Balaban J connectivity index is 1.87. The summed E-state index contributed by atoms with van der Waals surface area (Å²) in [5, 5.41) is 2.90. The molecule has 0 radical (unpaired) electrons. The molecule has 0 unspecified atom stereocenters. The number of benzene rings is 1. The van der Waals surface area contributed by atoms with Crippen molar-refractivity contribution in [3.8, 4) is 0 Å². The smallest absolute Gasteiger partial charge is 0.263 e. The molecule has 0 spiro atoms. The third-order valence-electron chi connectivity index (χ3n) is 3.82. The van der Waals surface area contributed by atoms with E-state index in [1.807, 2.05) is 30.5 Å². The van der Waals surface area contributed by atoms with Crippen LogP contribution in [0.1, 0.15) is 34.5 Å². The molecule has 0 bridgehead atoms. The van der Waals surface area contributed by atoms with Crippen molar-refractivity contribution in [3.63, 3.8) is 0 Å². The maximum absolute atomic E-state index is 12.5. The molecule has 2 aromatic heterocycles. The molecular weight excluding hydrogens is 338 g/mol. The average Bonchev–Trinajstić information content (AvgIpc) is 3.02. The Bertz CT molecular complexity index is 916. The molecule has 3 aromatic rings. The van der Waals surface area contributed by atoms with Gasteiger partial charge in [-0.25, -0.2) is 9.97 Å². The lowest BCUT2D eigenvalue weighted by Gasteiger charge is -2.16. The molecule has 7 nitrogen and oxygen atoms in total. The maximum atomic E-state index is 12.5. The van der Waals surface area contributed by atoms with Gasteiger partial charge in [0.1, 0.15) is 17.2 Å². The molecule has 3 rings (SSSR count). The molecule has 0 aliphatic heterocycles. The van der Waals surface area contributed by atoms with Crippen LogP contribution >= 0.6 is 11.8 Å². The van der Waals surface area contributed by atoms with Gasteiger partial charge in [-0.1, -0.05) is 12.1 Å². The van der Waals surface area contributed by atoms with Gasteiger partial charge in [0.2, 0.25) is 0 Å². The second kappa shape index (κ2) is 7.52. The second-order valence-electron chi connectivity index (χ2n) is 5.66. The summed E-state index contributed by atoms with van der Waals surface area (Å²) in [5.41, 5.74) is 1.31. The zero-order valence-corrected chi connectivity index (χ0v) is 14.8. The first-order valence-corrected chi connectivity index (χ1v) is 9.28. The van der Waals surface area contributed by atoms with Gasteiger partial charge in [-0.2, -0.15) is 11.8 Å². The van der Waals surface area contributed by atoms with Crippen LogP contribution < -0.4 is 10.9 Å². The lowest BCUT2D eigenvalue weighted by molar-refractivity contribution is 0.0932. The number of nitrogens with one attached hydrogen (secondary N) is 3. The van der Waals surface area contributed by atoms with E-state index >= 15 is 0 Å². The Kier molecular flexibility index (Phi) is 5.18. The number of nitrogens with zero attached hydrogens (tertiary/aromatic N) is 2. The van der Waals surface area contributed by atoms with E-state index in [1.165, 1.54) is 6.20 Å². The van der Waals surface area contributed by atoms with Crippen LogP contribution in [0.5, 0.6) is 0 Å². The van der Waals surface area contributed by atoms with Gasteiger partial charge in [-0.15, -0.1) is 0 Å². The van der Waals surface area contributed by atoms with E-state index in [2.05, 4.69) is 25.3 Å². The zero-order chi connectivity index (χ0) is 17.8. The van der Waals surface area contributed by atoms with Crippen molar-refractivity contribution >= 4 is 28.7 Å². The predicted octanol–water partition coefficient (Wildman–Crippen LogP) is 2.18. The fraction of sp³-hybridized carbons (Fsp3) is 0.294. The Hall–Kier alpha value is -2.61. The van der Waals surface area contributed by atoms with E-state index in [1.54, 1.807) is 18.7 Å². The third-order valence-corrected chi connectivity index (χ3v) is 4.47. The molecule has 8 heteroatoms. The van der Waals surface area contributed by atoms with E-state index in [-0.39, 0.29) is 11.6 Å². The van der Waals surface area contributed by atoms with Crippen molar-refractivity contribution in [3.05, 3.63) is 58.0 Å². The van der Waals surface area contributed by atoms with Gasteiger partial charge in [0.25, 0.3) is 11.5 Å². The zero-order valence-electron chi connectivity index (χ0n) is 14.0. The Labute approximate surface area is 148 Å². The predicted molar refractivity (Wildman–Crippen MR) is 98.9 cm³/mol. The monoisotopic (exact) mass is 357 g/mol. The minimum atomic E-state index is -0.458. The lowest BCUT2D eigenvalue weighted by Crippen LogP contribution is -2.34. The molecular formula is C17H19N5O2S. The number of aromatic amines is 2. The number of fused-ring (bicyclic) bond motifs is 1. The normalized spacial score (nSPS) is 12.2. The summed E-state index contributed by atoms with van der Waals surface area (Å²) in [6, 6.07) is 7.38. The average molecular weight is 357 g/mol. The number of hydrogen-bond acceptors (Lipinski definition) is 5. The number of carbonyl (C=O) groups excluding carboxylic acids is 1.